The fourth-order valence-electron chi connectivity index (χ4n) is 3.38. The zero-order valence-electron chi connectivity index (χ0n) is 12.4. The van der Waals surface area contributed by atoms with Crippen molar-refractivity contribution in [2.24, 2.45) is 11.8 Å². The highest BCUT2D eigenvalue weighted by molar-refractivity contribution is 4.82. The lowest BCUT2D eigenvalue weighted by atomic mass is 9.85. The Morgan fingerprint density at radius 2 is 1.80 bits per heavy atom. The van der Waals surface area contributed by atoms with E-state index in [2.05, 4.69) is 17.1 Å². The molecule has 118 valence electrons. The second-order valence-electron chi connectivity index (χ2n) is 6.58. The van der Waals surface area contributed by atoms with E-state index >= 15 is 0 Å². The van der Waals surface area contributed by atoms with Crippen LogP contribution in [0.15, 0.2) is 0 Å². The lowest BCUT2D eigenvalue weighted by Crippen LogP contribution is -2.43. The third-order valence-corrected chi connectivity index (χ3v) is 4.87. The lowest BCUT2D eigenvalue weighted by Gasteiger charge is -2.33. The van der Waals surface area contributed by atoms with E-state index in [0.29, 0.717) is 12.8 Å². The predicted molar refractivity (Wildman–Crippen MR) is 74.6 cm³/mol. The highest BCUT2D eigenvalue weighted by Crippen LogP contribution is 2.37. The molecule has 1 saturated heterocycles. The number of rotatable bonds is 4. The summed E-state index contributed by atoms with van der Waals surface area (Å²) in [5.74, 6) is -0.269. The zero-order chi connectivity index (χ0) is 14.6. The number of likely N-dealkylation sites (tertiary alicyclic amines) is 1. The molecule has 1 saturated carbocycles. The molecule has 2 fully saturated rings. The summed E-state index contributed by atoms with van der Waals surface area (Å²) in [5, 5.41) is 3.34. The molecular weight excluding hydrogens is 265 g/mol. The van der Waals surface area contributed by atoms with Crippen LogP contribution in [-0.2, 0) is 0 Å². The maximum atomic E-state index is 12.7. The Labute approximate surface area is 120 Å². The van der Waals surface area contributed by atoms with E-state index in [0.717, 1.165) is 38.5 Å². The van der Waals surface area contributed by atoms with Crippen molar-refractivity contribution in [1.29, 1.82) is 0 Å². The van der Waals surface area contributed by atoms with E-state index in [1.807, 2.05) is 0 Å². The van der Waals surface area contributed by atoms with Crippen LogP contribution in [0, 0.1) is 11.8 Å². The van der Waals surface area contributed by atoms with Gasteiger partial charge in [-0.1, -0.05) is 13.3 Å². The summed E-state index contributed by atoms with van der Waals surface area (Å²) < 4.78 is 38.2. The normalized spacial score (nSPS) is 30.6. The number of nitrogens with one attached hydrogen (secondary N) is 1. The molecule has 0 amide bonds. The summed E-state index contributed by atoms with van der Waals surface area (Å²) in [6, 6.07) is 0.0547. The van der Waals surface area contributed by atoms with Crippen molar-refractivity contribution in [3.8, 4) is 0 Å². The van der Waals surface area contributed by atoms with Gasteiger partial charge in [-0.3, -0.25) is 0 Å². The molecule has 0 aromatic heterocycles. The summed E-state index contributed by atoms with van der Waals surface area (Å²) in [5.41, 5.74) is 0. The largest absolute Gasteiger partial charge is 0.391 e. The minimum Gasteiger partial charge on any atom is -0.313 e. The first kappa shape index (κ1) is 16.1. The molecule has 0 aromatic carbocycles. The van der Waals surface area contributed by atoms with Gasteiger partial charge in [-0.05, 0) is 51.1 Å². The van der Waals surface area contributed by atoms with Gasteiger partial charge in [-0.25, -0.2) is 0 Å². The predicted octanol–water partition coefficient (Wildman–Crippen LogP) is 3.43. The molecule has 0 aromatic rings. The third kappa shape index (κ3) is 4.92. The maximum Gasteiger partial charge on any atom is 0.391 e. The first-order chi connectivity index (χ1) is 9.45. The van der Waals surface area contributed by atoms with Crippen molar-refractivity contribution < 1.29 is 13.2 Å². The number of hydrogen-bond acceptors (Lipinski definition) is 2. The van der Waals surface area contributed by atoms with Crippen LogP contribution in [0.1, 0.15) is 45.4 Å². The van der Waals surface area contributed by atoms with Crippen LogP contribution < -0.4 is 5.32 Å². The van der Waals surface area contributed by atoms with E-state index in [4.69, 9.17) is 0 Å². The van der Waals surface area contributed by atoms with Crippen molar-refractivity contribution in [2.75, 3.05) is 26.2 Å². The van der Waals surface area contributed by atoms with Crippen LogP contribution in [0.4, 0.5) is 13.2 Å². The lowest BCUT2D eigenvalue weighted by molar-refractivity contribution is -0.183. The Kier molecular flexibility index (Phi) is 5.73. The molecule has 1 aliphatic heterocycles. The average Bonchev–Trinajstić information content (AvgIpc) is 2.40. The highest BCUT2D eigenvalue weighted by Gasteiger charge is 2.41. The van der Waals surface area contributed by atoms with Gasteiger partial charge in [0.2, 0.25) is 0 Å². The van der Waals surface area contributed by atoms with E-state index < -0.39 is 12.1 Å². The number of hydrogen-bond donors (Lipinski definition) is 1. The molecule has 1 heterocycles. The number of piperidine rings is 1. The fraction of sp³-hybridized carbons (Fsp3) is 1.00. The van der Waals surface area contributed by atoms with Gasteiger partial charge in [-0.15, -0.1) is 0 Å². The molecule has 2 rings (SSSR count). The van der Waals surface area contributed by atoms with Crippen LogP contribution in [-0.4, -0.2) is 43.3 Å². The van der Waals surface area contributed by atoms with Gasteiger partial charge in [0.1, 0.15) is 0 Å². The van der Waals surface area contributed by atoms with Crippen molar-refractivity contribution >= 4 is 0 Å². The summed E-state index contributed by atoms with van der Waals surface area (Å²) in [7, 11) is 0. The second kappa shape index (κ2) is 7.12. The molecular formula is C15H27F3N2. The van der Waals surface area contributed by atoms with Crippen LogP contribution in [0.25, 0.3) is 0 Å². The van der Waals surface area contributed by atoms with E-state index in [1.165, 1.54) is 12.8 Å². The maximum absolute atomic E-state index is 12.7. The summed E-state index contributed by atoms with van der Waals surface area (Å²) in [6.45, 7) is 6.36. The van der Waals surface area contributed by atoms with E-state index in [-0.39, 0.29) is 12.5 Å². The van der Waals surface area contributed by atoms with Gasteiger partial charge in [0.25, 0.3) is 0 Å². The van der Waals surface area contributed by atoms with E-state index in [1.54, 1.807) is 0 Å². The number of halogens is 3. The molecule has 20 heavy (non-hydrogen) atoms. The van der Waals surface area contributed by atoms with Gasteiger partial charge in [0, 0.05) is 19.1 Å². The van der Waals surface area contributed by atoms with Gasteiger partial charge >= 0.3 is 6.18 Å². The fourth-order valence-corrected chi connectivity index (χ4v) is 3.38. The first-order valence-electron chi connectivity index (χ1n) is 7.97. The molecule has 2 nitrogen and oxygen atoms in total. The zero-order valence-corrected chi connectivity index (χ0v) is 12.4. The summed E-state index contributed by atoms with van der Waals surface area (Å²) >= 11 is 0. The molecule has 0 radical (unpaired) electrons. The Morgan fingerprint density at radius 3 is 2.45 bits per heavy atom. The Hall–Kier alpha value is -0.290. The number of alkyl halides is 3. The van der Waals surface area contributed by atoms with Gasteiger partial charge in [0.15, 0.2) is 0 Å². The first-order valence-corrected chi connectivity index (χ1v) is 7.97. The van der Waals surface area contributed by atoms with Gasteiger partial charge < -0.3 is 10.2 Å². The molecule has 1 aliphatic carbocycles. The van der Waals surface area contributed by atoms with Crippen molar-refractivity contribution in [2.45, 2.75) is 57.7 Å². The second-order valence-corrected chi connectivity index (χ2v) is 6.58. The van der Waals surface area contributed by atoms with Crippen LogP contribution >= 0.6 is 0 Å². The quantitative estimate of drug-likeness (QED) is 0.854. The van der Waals surface area contributed by atoms with Crippen LogP contribution in [0.3, 0.4) is 0 Å². The smallest absolute Gasteiger partial charge is 0.313 e. The molecule has 2 atom stereocenters. The summed E-state index contributed by atoms with van der Waals surface area (Å²) in [4.78, 5) is 2.43. The van der Waals surface area contributed by atoms with Crippen LogP contribution in [0.5, 0.6) is 0 Å². The van der Waals surface area contributed by atoms with Crippen LogP contribution in [0.2, 0.25) is 0 Å². The van der Waals surface area contributed by atoms with Crippen molar-refractivity contribution in [1.82, 2.24) is 10.2 Å². The minimum atomic E-state index is -4.01. The molecule has 5 heteroatoms. The Balaban J connectivity index is 1.64. The SMILES string of the molecule is CC1CCN(CCNC2CCCC(C(F)(F)F)C2)CC1. The highest BCUT2D eigenvalue weighted by atomic mass is 19.4. The van der Waals surface area contributed by atoms with E-state index in [9.17, 15) is 13.2 Å². The minimum absolute atomic E-state index is 0.0547. The Morgan fingerprint density at radius 1 is 1.10 bits per heavy atom. The molecule has 0 spiro atoms. The Bertz CT molecular complexity index is 285. The van der Waals surface area contributed by atoms with Crippen molar-refractivity contribution in [3.05, 3.63) is 0 Å². The van der Waals surface area contributed by atoms with Crippen molar-refractivity contribution in [3.63, 3.8) is 0 Å². The molecule has 0 bridgehead atoms. The van der Waals surface area contributed by atoms with Gasteiger partial charge in [-0.2, -0.15) is 13.2 Å². The number of nitrogens with zero attached hydrogens (tertiary/aromatic N) is 1. The summed E-state index contributed by atoms with van der Waals surface area (Å²) in [6.07, 6.45) is 0.654. The standard InChI is InChI=1S/C15H27F3N2/c1-12-5-8-20(9-6-12)10-7-19-14-4-2-3-13(11-14)15(16,17)18/h12-14,19H,2-11H2,1H3. The molecule has 1 N–H and O–H groups in total. The average molecular weight is 292 g/mol. The third-order valence-electron chi connectivity index (χ3n) is 4.87. The topological polar surface area (TPSA) is 15.3 Å². The molecule has 2 aliphatic rings. The molecule has 2 unspecified atom stereocenters. The van der Waals surface area contributed by atoms with Gasteiger partial charge in [0.05, 0.1) is 5.92 Å². The monoisotopic (exact) mass is 292 g/mol.